The van der Waals surface area contributed by atoms with E-state index in [1.807, 2.05) is 0 Å². The molecule has 6 nitrogen and oxygen atoms in total. The normalized spacial score (nSPS) is 11.0. The van der Waals surface area contributed by atoms with Gasteiger partial charge in [-0.1, -0.05) is 30.3 Å². The van der Waals surface area contributed by atoms with Gasteiger partial charge >= 0.3 is 0 Å². The van der Waals surface area contributed by atoms with Crippen molar-refractivity contribution in [1.82, 2.24) is 0 Å². The Morgan fingerprint density at radius 2 is 1.95 bits per heavy atom. The van der Waals surface area contributed by atoms with Crippen molar-refractivity contribution in [1.29, 1.82) is 5.26 Å². The van der Waals surface area contributed by atoms with Crippen LogP contribution in [0.15, 0.2) is 41.3 Å². The molecule has 2 N–H and O–H groups in total. The molecule has 1 amide bonds. The van der Waals surface area contributed by atoms with Crippen LogP contribution in [0.25, 0.3) is 10.8 Å². The highest BCUT2D eigenvalue weighted by molar-refractivity contribution is 7.86. The van der Waals surface area contributed by atoms with Gasteiger partial charge in [0.05, 0.1) is 11.8 Å². The SMILES string of the molecule is N#CCC(=O)Nc1ccc2ccccc2c1S(=O)(=O)O. The predicted octanol–water partition coefficient (Wildman–Crippen LogP) is 1.94. The number of hydrogen-bond acceptors (Lipinski definition) is 4. The van der Waals surface area contributed by atoms with Crippen LogP contribution in [0.3, 0.4) is 0 Å². The number of nitriles is 1. The molecule has 102 valence electrons. The number of nitrogens with one attached hydrogen (secondary N) is 1. The highest BCUT2D eigenvalue weighted by Crippen LogP contribution is 2.30. The summed E-state index contributed by atoms with van der Waals surface area (Å²) in [5.41, 5.74) is -0.0496. The summed E-state index contributed by atoms with van der Waals surface area (Å²) in [5.74, 6) is -0.646. The zero-order chi connectivity index (χ0) is 14.8. The Balaban J connectivity index is 2.67. The van der Waals surface area contributed by atoms with Gasteiger partial charge in [0.2, 0.25) is 5.91 Å². The summed E-state index contributed by atoms with van der Waals surface area (Å²) in [6.07, 6.45) is -0.405. The average molecular weight is 290 g/mol. The highest BCUT2D eigenvalue weighted by Gasteiger charge is 2.20. The molecule has 0 unspecified atom stereocenters. The molecule has 0 aliphatic rings. The van der Waals surface area contributed by atoms with Crippen LogP contribution in [0.1, 0.15) is 6.42 Å². The summed E-state index contributed by atoms with van der Waals surface area (Å²) >= 11 is 0. The minimum atomic E-state index is -4.52. The fourth-order valence-corrected chi connectivity index (χ4v) is 2.75. The molecule has 0 saturated carbocycles. The van der Waals surface area contributed by atoms with Gasteiger partial charge < -0.3 is 5.32 Å². The van der Waals surface area contributed by atoms with E-state index >= 15 is 0 Å². The van der Waals surface area contributed by atoms with Crippen molar-refractivity contribution in [3.05, 3.63) is 36.4 Å². The molecule has 0 aliphatic heterocycles. The Kier molecular flexibility index (Phi) is 3.70. The van der Waals surface area contributed by atoms with Gasteiger partial charge in [-0.3, -0.25) is 9.35 Å². The van der Waals surface area contributed by atoms with Crippen molar-refractivity contribution in [3.8, 4) is 6.07 Å². The van der Waals surface area contributed by atoms with E-state index < -0.39 is 22.4 Å². The van der Waals surface area contributed by atoms with E-state index in [1.54, 1.807) is 30.3 Å². The van der Waals surface area contributed by atoms with E-state index in [2.05, 4.69) is 5.32 Å². The molecular formula is C13H10N2O4S. The molecule has 0 saturated heterocycles. The van der Waals surface area contributed by atoms with Crippen molar-refractivity contribution in [2.75, 3.05) is 5.32 Å². The Hall–Kier alpha value is -2.43. The first-order valence-corrected chi connectivity index (χ1v) is 7.03. The second-order valence-electron chi connectivity index (χ2n) is 4.02. The number of carbonyl (C=O) groups excluding carboxylic acids is 1. The lowest BCUT2D eigenvalue weighted by molar-refractivity contribution is -0.115. The molecular weight excluding hydrogens is 280 g/mol. The van der Waals surface area contributed by atoms with Crippen LogP contribution in [0.4, 0.5) is 5.69 Å². The van der Waals surface area contributed by atoms with Gasteiger partial charge in [0.25, 0.3) is 10.1 Å². The maximum absolute atomic E-state index is 11.5. The first-order valence-electron chi connectivity index (χ1n) is 5.59. The minimum absolute atomic E-state index is 0.0496. The molecule has 2 aromatic carbocycles. The summed E-state index contributed by atoms with van der Waals surface area (Å²) in [6.45, 7) is 0. The van der Waals surface area contributed by atoms with Gasteiger partial charge in [-0.2, -0.15) is 13.7 Å². The van der Waals surface area contributed by atoms with E-state index in [0.717, 1.165) is 0 Å². The van der Waals surface area contributed by atoms with Crippen LogP contribution in [0.2, 0.25) is 0 Å². The van der Waals surface area contributed by atoms with Crippen molar-refractivity contribution in [2.24, 2.45) is 0 Å². The largest absolute Gasteiger partial charge is 0.324 e. The summed E-state index contributed by atoms with van der Waals surface area (Å²) in [5, 5.41) is 11.7. The Morgan fingerprint density at radius 1 is 1.25 bits per heavy atom. The molecule has 0 aromatic heterocycles. The minimum Gasteiger partial charge on any atom is -0.324 e. The maximum atomic E-state index is 11.5. The van der Waals surface area contributed by atoms with Crippen molar-refractivity contribution in [3.63, 3.8) is 0 Å². The number of rotatable bonds is 3. The molecule has 20 heavy (non-hydrogen) atoms. The van der Waals surface area contributed by atoms with Gasteiger partial charge in [0.1, 0.15) is 11.3 Å². The molecule has 0 bridgehead atoms. The zero-order valence-electron chi connectivity index (χ0n) is 10.2. The lowest BCUT2D eigenvalue weighted by Gasteiger charge is -2.11. The lowest BCUT2D eigenvalue weighted by atomic mass is 10.1. The number of carbonyl (C=O) groups is 1. The first-order chi connectivity index (χ1) is 9.43. The summed E-state index contributed by atoms with van der Waals surface area (Å²) < 4.78 is 32.5. The molecule has 0 spiro atoms. The maximum Gasteiger partial charge on any atom is 0.297 e. The molecule has 0 aliphatic carbocycles. The fraction of sp³-hybridized carbons (Fsp3) is 0.0769. The monoisotopic (exact) mass is 290 g/mol. The number of amides is 1. The third-order valence-corrected chi connectivity index (χ3v) is 3.61. The Labute approximate surface area is 115 Å². The quantitative estimate of drug-likeness (QED) is 0.840. The summed E-state index contributed by atoms with van der Waals surface area (Å²) in [6, 6.07) is 11.2. The van der Waals surface area contributed by atoms with E-state index in [4.69, 9.17) is 5.26 Å². The first kappa shape index (κ1) is 14.0. The molecule has 0 radical (unpaired) electrons. The Bertz CT molecular complexity index is 822. The van der Waals surface area contributed by atoms with E-state index in [1.165, 1.54) is 12.1 Å². The molecule has 7 heteroatoms. The number of hydrogen-bond donors (Lipinski definition) is 2. The smallest absolute Gasteiger partial charge is 0.297 e. The van der Waals surface area contributed by atoms with Gasteiger partial charge in [-0.05, 0) is 11.5 Å². The number of nitrogens with zero attached hydrogens (tertiary/aromatic N) is 1. The van der Waals surface area contributed by atoms with Gasteiger partial charge in [0.15, 0.2) is 0 Å². The molecule has 0 heterocycles. The molecule has 0 atom stereocenters. The van der Waals surface area contributed by atoms with Crippen LogP contribution in [-0.2, 0) is 14.9 Å². The van der Waals surface area contributed by atoms with E-state index in [0.29, 0.717) is 10.8 Å². The second-order valence-corrected chi connectivity index (χ2v) is 5.38. The van der Waals surface area contributed by atoms with E-state index in [9.17, 15) is 17.8 Å². The third kappa shape index (κ3) is 2.77. The van der Waals surface area contributed by atoms with Crippen molar-refractivity contribution < 1.29 is 17.8 Å². The lowest BCUT2D eigenvalue weighted by Crippen LogP contribution is -2.13. The van der Waals surface area contributed by atoms with Gasteiger partial charge in [-0.25, -0.2) is 0 Å². The van der Waals surface area contributed by atoms with Crippen LogP contribution in [0, 0.1) is 11.3 Å². The number of fused-ring (bicyclic) bond motifs is 1. The highest BCUT2D eigenvalue weighted by atomic mass is 32.2. The van der Waals surface area contributed by atoms with Crippen LogP contribution >= 0.6 is 0 Å². The average Bonchev–Trinajstić information content (AvgIpc) is 2.37. The predicted molar refractivity (Wildman–Crippen MR) is 72.6 cm³/mol. The molecule has 2 rings (SSSR count). The number of benzene rings is 2. The summed E-state index contributed by atoms with van der Waals surface area (Å²) in [4.78, 5) is 11.0. The Morgan fingerprint density at radius 3 is 2.60 bits per heavy atom. The van der Waals surface area contributed by atoms with Crippen LogP contribution < -0.4 is 5.32 Å². The number of anilines is 1. The third-order valence-electron chi connectivity index (χ3n) is 2.65. The summed E-state index contributed by atoms with van der Waals surface area (Å²) in [7, 11) is -4.52. The van der Waals surface area contributed by atoms with E-state index in [-0.39, 0.29) is 10.6 Å². The zero-order valence-corrected chi connectivity index (χ0v) is 11.0. The molecule has 0 fully saturated rings. The second kappa shape index (κ2) is 5.28. The topological polar surface area (TPSA) is 107 Å². The van der Waals surface area contributed by atoms with Crippen LogP contribution in [-0.4, -0.2) is 18.9 Å². The van der Waals surface area contributed by atoms with Crippen LogP contribution in [0.5, 0.6) is 0 Å². The van der Waals surface area contributed by atoms with Gasteiger partial charge in [-0.15, -0.1) is 0 Å². The molecule has 2 aromatic rings. The fourth-order valence-electron chi connectivity index (χ4n) is 1.89. The van der Waals surface area contributed by atoms with Gasteiger partial charge in [0, 0.05) is 5.39 Å². The standard InChI is InChI=1S/C13H10N2O4S/c14-8-7-12(16)15-11-6-5-9-3-1-2-4-10(9)13(11)20(17,18)19/h1-6H,7H2,(H,15,16)(H,17,18,19). The van der Waals surface area contributed by atoms with Crippen molar-refractivity contribution >= 4 is 32.5 Å². The van der Waals surface area contributed by atoms with Crippen molar-refractivity contribution in [2.45, 2.75) is 11.3 Å².